The van der Waals surface area contributed by atoms with Crippen LogP contribution in [0.25, 0.3) is 0 Å². The summed E-state index contributed by atoms with van der Waals surface area (Å²) in [5.41, 5.74) is 1.09. The zero-order chi connectivity index (χ0) is 18.2. The summed E-state index contributed by atoms with van der Waals surface area (Å²) in [6.07, 6.45) is 0.770. The Morgan fingerprint density at radius 1 is 1.12 bits per heavy atom. The van der Waals surface area contributed by atoms with Gasteiger partial charge in [0, 0.05) is 15.7 Å². The van der Waals surface area contributed by atoms with E-state index in [1.165, 1.54) is 0 Å². The zero-order valence-electron chi connectivity index (χ0n) is 14.0. The van der Waals surface area contributed by atoms with Gasteiger partial charge in [-0.05, 0) is 62.6 Å². The first kappa shape index (κ1) is 19.5. The predicted octanol–water partition coefficient (Wildman–Crippen LogP) is 4.46. The first-order valence-electron chi connectivity index (χ1n) is 8.06. The molecular weight excluding hydrogens is 360 g/mol. The summed E-state index contributed by atoms with van der Waals surface area (Å²) in [6.45, 7) is 1.96. The topological polar surface area (TPSA) is 63.6 Å². The van der Waals surface area contributed by atoms with E-state index in [1.807, 2.05) is 19.1 Å². The SMILES string of the molecule is Cc1ccc(OC(CCCCS(=O)c2ccc(Cl)cc2)C(=O)O)cc1. The second-order valence-electron chi connectivity index (χ2n) is 5.76. The van der Waals surface area contributed by atoms with Crippen molar-refractivity contribution in [1.82, 2.24) is 0 Å². The lowest BCUT2D eigenvalue weighted by Crippen LogP contribution is -2.27. The maximum atomic E-state index is 12.2. The minimum atomic E-state index is -1.10. The number of benzene rings is 2. The summed E-state index contributed by atoms with van der Waals surface area (Å²) >= 11 is 5.81. The van der Waals surface area contributed by atoms with Crippen LogP contribution in [0.2, 0.25) is 5.02 Å². The molecule has 0 aliphatic rings. The standard InChI is InChI=1S/C19H21ClO4S/c1-14-5-9-16(10-6-14)24-18(19(21)22)4-2-3-13-25(23)17-11-7-15(20)8-12-17/h5-12,18H,2-4,13H2,1H3,(H,21,22). The maximum Gasteiger partial charge on any atom is 0.344 e. The van der Waals surface area contributed by atoms with Crippen LogP contribution in [0.4, 0.5) is 0 Å². The van der Waals surface area contributed by atoms with Gasteiger partial charge in [-0.2, -0.15) is 0 Å². The molecule has 0 bridgehead atoms. The third-order valence-electron chi connectivity index (χ3n) is 3.70. The first-order valence-corrected chi connectivity index (χ1v) is 9.75. The molecule has 0 radical (unpaired) electrons. The Morgan fingerprint density at radius 3 is 2.36 bits per heavy atom. The molecule has 0 aromatic heterocycles. The molecule has 0 amide bonds. The number of aliphatic carboxylic acids is 1. The van der Waals surface area contributed by atoms with E-state index in [0.717, 1.165) is 10.5 Å². The fourth-order valence-corrected chi connectivity index (χ4v) is 3.55. The Labute approximate surface area is 155 Å². The number of carboxylic acid groups (broad SMARTS) is 1. The molecule has 0 aliphatic carbocycles. The summed E-state index contributed by atoms with van der Waals surface area (Å²) in [5.74, 6) is 0.0422. The van der Waals surface area contributed by atoms with Crippen LogP contribution in [0.1, 0.15) is 24.8 Å². The van der Waals surface area contributed by atoms with E-state index in [4.69, 9.17) is 16.3 Å². The molecule has 0 heterocycles. The summed E-state index contributed by atoms with van der Waals surface area (Å²) in [7, 11) is -1.10. The van der Waals surface area contributed by atoms with Crippen molar-refractivity contribution in [2.24, 2.45) is 0 Å². The molecule has 2 aromatic rings. The van der Waals surface area contributed by atoms with Crippen molar-refractivity contribution >= 4 is 28.4 Å². The van der Waals surface area contributed by atoms with Gasteiger partial charge in [0.1, 0.15) is 5.75 Å². The van der Waals surface area contributed by atoms with Crippen LogP contribution in [-0.2, 0) is 15.6 Å². The molecule has 134 valence electrons. The van der Waals surface area contributed by atoms with E-state index in [-0.39, 0.29) is 0 Å². The van der Waals surface area contributed by atoms with Crippen LogP contribution in [0.15, 0.2) is 53.4 Å². The summed E-state index contributed by atoms with van der Waals surface area (Å²) in [6, 6.07) is 14.2. The summed E-state index contributed by atoms with van der Waals surface area (Å²) < 4.78 is 17.7. The lowest BCUT2D eigenvalue weighted by Gasteiger charge is -2.15. The highest BCUT2D eigenvalue weighted by atomic mass is 35.5. The number of hydrogen-bond donors (Lipinski definition) is 1. The van der Waals surface area contributed by atoms with Gasteiger partial charge in [-0.3, -0.25) is 4.21 Å². The van der Waals surface area contributed by atoms with Crippen LogP contribution in [0.3, 0.4) is 0 Å². The van der Waals surface area contributed by atoms with Gasteiger partial charge < -0.3 is 9.84 Å². The lowest BCUT2D eigenvalue weighted by molar-refractivity contribution is -0.145. The van der Waals surface area contributed by atoms with Crippen molar-refractivity contribution < 1.29 is 18.8 Å². The Kier molecular flexibility index (Phi) is 7.47. The van der Waals surface area contributed by atoms with E-state index in [0.29, 0.717) is 35.8 Å². The second-order valence-corrected chi connectivity index (χ2v) is 7.76. The lowest BCUT2D eigenvalue weighted by atomic mass is 10.1. The minimum Gasteiger partial charge on any atom is -0.479 e. The smallest absolute Gasteiger partial charge is 0.344 e. The van der Waals surface area contributed by atoms with E-state index in [1.54, 1.807) is 36.4 Å². The van der Waals surface area contributed by atoms with Crippen molar-refractivity contribution in [3.8, 4) is 5.75 Å². The molecule has 1 N–H and O–H groups in total. The number of carboxylic acids is 1. The maximum absolute atomic E-state index is 12.2. The van der Waals surface area contributed by atoms with Gasteiger partial charge in [-0.25, -0.2) is 4.79 Å². The first-order chi connectivity index (χ1) is 12.0. The van der Waals surface area contributed by atoms with Crippen molar-refractivity contribution in [3.63, 3.8) is 0 Å². The number of hydrogen-bond acceptors (Lipinski definition) is 3. The molecular formula is C19H21ClO4S. The number of carbonyl (C=O) groups is 1. The molecule has 0 saturated heterocycles. The molecule has 0 fully saturated rings. The largest absolute Gasteiger partial charge is 0.479 e. The number of ether oxygens (including phenoxy) is 1. The Hall–Kier alpha value is -1.85. The third kappa shape index (κ3) is 6.52. The van der Waals surface area contributed by atoms with Gasteiger partial charge in [0.15, 0.2) is 6.10 Å². The van der Waals surface area contributed by atoms with E-state index in [2.05, 4.69) is 0 Å². The summed E-state index contributed by atoms with van der Waals surface area (Å²) in [5, 5.41) is 9.91. The monoisotopic (exact) mass is 380 g/mol. The quantitative estimate of drug-likeness (QED) is 0.652. The predicted molar refractivity (Wildman–Crippen MR) is 99.8 cm³/mol. The average molecular weight is 381 g/mol. The molecule has 2 unspecified atom stereocenters. The van der Waals surface area contributed by atoms with Gasteiger partial charge >= 0.3 is 5.97 Å². The van der Waals surface area contributed by atoms with Crippen LogP contribution in [0, 0.1) is 6.92 Å². The van der Waals surface area contributed by atoms with Crippen molar-refractivity contribution in [3.05, 3.63) is 59.1 Å². The molecule has 2 rings (SSSR count). The molecule has 0 spiro atoms. The Bertz CT molecular complexity index is 713. The molecule has 4 nitrogen and oxygen atoms in total. The second kappa shape index (κ2) is 9.59. The molecule has 2 aromatic carbocycles. The third-order valence-corrected chi connectivity index (χ3v) is 5.41. The highest BCUT2D eigenvalue weighted by Gasteiger charge is 2.19. The van der Waals surface area contributed by atoms with E-state index >= 15 is 0 Å². The highest BCUT2D eigenvalue weighted by Crippen LogP contribution is 2.17. The normalized spacial score (nSPS) is 13.2. The van der Waals surface area contributed by atoms with Crippen molar-refractivity contribution in [1.29, 1.82) is 0 Å². The number of rotatable bonds is 9. The van der Waals surface area contributed by atoms with E-state index in [9.17, 15) is 14.1 Å². The van der Waals surface area contributed by atoms with Gasteiger partial charge in [-0.15, -0.1) is 0 Å². The van der Waals surface area contributed by atoms with Crippen LogP contribution in [-0.4, -0.2) is 27.1 Å². The van der Waals surface area contributed by atoms with Gasteiger partial charge in [0.05, 0.1) is 10.8 Å². The molecule has 25 heavy (non-hydrogen) atoms. The van der Waals surface area contributed by atoms with Gasteiger partial charge in [0.25, 0.3) is 0 Å². The molecule has 0 saturated carbocycles. The molecule has 2 atom stereocenters. The van der Waals surface area contributed by atoms with Crippen LogP contribution in [0.5, 0.6) is 5.75 Å². The fraction of sp³-hybridized carbons (Fsp3) is 0.316. The van der Waals surface area contributed by atoms with Gasteiger partial charge in [0.2, 0.25) is 0 Å². The van der Waals surface area contributed by atoms with Crippen molar-refractivity contribution in [2.75, 3.05) is 5.75 Å². The van der Waals surface area contributed by atoms with Crippen LogP contribution >= 0.6 is 11.6 Å². The van der Waals surface area contributed by atoms with E-state index < -0.39 is 22.9 Å². The van der Waals surface area contributed by atoms with Crippen molar-refractivity contribution in [2.45, 2.75) is 37.2 Å². The number of halogens is 1. The Balaban J connectivity index is 1.79. The zero-order valence-corrected chi connectivity index (χ0v) is 15.6. The highest BCUT2D eigenvalue weighted by molar-refractivity contribution is 7.85. The summed E-state index contributed by atoms with van der Waals surface area (Å²) in [4.78, 5) is 12.1. The molecule has 6 heteroatoms. The van der Waals surface area contributed by atoms with Crippen LogP contribution < -0.4 is 4.74 Å². The molecule has 0 aliphatic heterocycles. The number of unbranched alkanes of at least 4 members (excludes halogenated alkanes) is 1. The number of aryl methyl sites for hydroxylation is 1. The Morgan fingerprint density at radius 2 is 1.76 bits per heavy atom. The van der Waals surface area contributed by atoms with Gasteiger partial charge in [-0.1, -0.05) is 29.3 Å². The average Bonchev–Trinajstić information content (AvgIpc) is 2.59. The fourth-order valence-electron chi connectivity index (χ4n) is 2.28. The minimum absolute atomic E-state index is 0.376.